The van der Waals surface area contributed by atoms with E-state index in [9.17, 15) is 4.79 Å². The van der Waals surface area contributed by atoms with E-state index in [2.05, 4.69) is 9.97 Å². The summed E-state index contributed by atoms with van der Waals surface area (Å²) in [4.78, 5) is 21.3. The SMILES string of the molecule is CN(Cc1cccnc1)C(=O)c1cc2cccc(N)c2[nH]1. The Hall–Kier alpha value is -2.82. The molecule has 5 nitrogen and oxygen atoms in total. The Morgan fingerprint density at radius 1 is 1.33 bits per heavy atom. The van der Waals surface area contributed by atoms with Crippen LogP contribution in [-0.4, -0.2) is 27.8 Å². The Morgan fingerprint density at radius 3 is 2.90 bits per heavy atom. The fraction of sp³-hybridized carbons (Fsp3) is 0.125. The molecule has 0 fully saturated rings. The van der Waals surface area contributed by atoms with Crippen LogP contribution in [0.2, 0.25) is 0 Å². The molecule has 0 unspecified atom stereocenters. The van der Waals surface area contributed by atoms with E-state index in [1.165, 1.54) is 0 Å². The molecule has 0 aliphatic carbocycles. The number of nitrogens with zero attached hydrogens (tertiary/aromatic N) is 2. The number of benzene rings is 1. The molecular weight excluding hydrogens is 264 g/mol. The first-order valence-electron chi connectivity index (χ1n) is 6.67. The highest BCUT2D eigenvalue weighted by Gasteiger charge is 2.15. The van der Waals surface area contributed by atoms with E-state index in [0.29, 0.717) is 17.9 Å². The highest BCUT2D eigenvalue weighted by Crippen LogP contribution is 2.21. The van der Waals surface area contributed by atoms with Gasteiger partial charge in [-0.2, -0.15) is 0 Å². The molecule has 1 aromatic carbocycles. The summed E-state index contributed by atoms with van der Waals surface area (Å²) in [5, 5.41) is 0.938. The van der Waals surface area contributed by atoms with Crippen molar-refractivity contribution >= 4 is 22.5 Å². The maximum absolute atomic E-state index is 12.5. The molecule has 0 bridgehead atoms. The Labute approximate surface area is 122 Å². The molecule has 3 aromatic rings. The monoisotopic (exact) mass is 280 g/mol. The lowest BCUT2D eigenvalue weighted by molar-refractivity contribution is 0.0780. The number of fused-ring (bicyclic) bond motifs is 1. The first kappa shape index (κ1) is 13.2. The maximum atomic E-state index is 12.5. The van der Waals surface area contributed by atoms with Gasteiger partial charge < -0.3 is 15.6 Å². The number of aromatic nitrogens is 2. The minimum atomic E-state index is -0.0746. The van der Waals surface area contributed by atoms with Crippen LogP contribution in [0.3, 0.4) is 0 Å². The average molecular weight is 280 g/mol. The molecule has 0 atom stereocenters. The zero-order valence-electron chi connectivity index (χ0n) is 11.7. The van der Waals surface area contributed by atoms with Crippen molar-refractivity contribution in [2.24, 2.45) is 0 Å². The Kier molecular flexibility index (Phi) is 3.31. The Morgan fingerprint density at radius 2 is 2.19 bits per heavy atom. The molecule has 1 amide bonds. The summed E-state index contributed by atoms with van der Waals surface area (Å²) in [6, 6.07) is 11.2. The maximum Gasteiger partial charge on any atom is 0.270 e. The highest BCUT2D eigenvalue weighted by atomic mass is 16.2. The van der Waals surface area contributed by atoms with Crippen molar-refractivity contribution in [1.29, 1.82) is 0 Å². The third kappa shape index (κ3) is 2.58. The van der Waals surface area contributed by atoms with Crippen molar-refractivity contribution in [2.45, 2.75) is 6.54 Å². The van der Waals surface area contributed by atoms with E-state index in [1.54, 1.807) is 24.3 Å². The second-order valence-electron chi connectivity index (χ2n) is 5.02. The second-order valence-corrected chi connectivity index (χ2v) is 5.02. The molecule has 2 aromatic heterocycles. The Balaban J connectivity index is 1.84. The number of amides is 1. The number of rotatable bonds is 3. The van der Waals surface area contributed by atoms with Crippen molar-refractivity contribution < 1.29 is 4.79 Å². The number of nitrogen functional groups attached to an aromatic ring is 1. The minimum absolute atomic E-state index is 0.0746. The molecule has 0 saturated heterocycles. The van der Waals surface area contributed by atoms with E-state index in [-0.39, 0.29) is 5.91 Å². The van der Waals surface area contributed by atoms with Crippen molar-refractivity contribution in [1.82, 2.24) is 14.9 Å². The number of carbonyl (C=O) groups excluding carboxylic acids is 1. The molecule has 0 aliphatic heterocycles. The molecule has 5 heteroatoms. The highest BCUT2D eigenvalue weighted by molar-refractivity contribution is 6.00. The van der Waals surface area contributed by atoms with Gasteiger partial charge in [-0.15, -0.1) is 0 Å². The predicted molar refractivity (Wildman–Crippen MR) is 82.7 cm³/mol. The number of para-hydroxylation sites is 1. The van der Waals surface area contributed by atoms with Gasteiger partial charge in [-0.3, -0.25) is 9.78 Å². The largest absolute Gasteiger partial charge is 0.397 e. The lowest BCUT2D eigenvalue weighted by atomic mass is 10.2. The number of anilines is 1. The fourth-order valence-electron chi connectivity index (χ4n) is 2.34. The van der Waals surface area contributed by atoms with Gasteiger partial charge in [0.25, 0.3) is 5.91 Å². The lowest BCUT2D eigenvalue weighted by Gasteiger charge is -2.16. The first-order chi connectivity index (χ1) is 10.1. The summed E-state index contributed by atoms with van der Waals surface area (Å²) in [5.74, 6) is -0.0746. The quantitative estimate of drug-likeness (QED) is 0.723. The number of pyridine rings is 1. The van der Waals surface area contributed by atoms with Crippen LogP contribution in [0.4, 0.5) is 5.69 Å². The van der Waals surface area contributed by atoms with Crippen LogP contribution in [0.25, 0.3) is 10.9 Å². The van der Waals surface area contributed by atoms with Gasteiger partial charge in [0.05, 0.1) is 11.2 Å². The third-order valence-corrected chi connectivity index (χ3v) is 3.41. The van der Waals surface area contributed by atoms with E-state index in [4.69, 9.17) is 5.73 Å². The molecular formula is C16H16N4O. The van der Waals surface area contributed by atoms with Gasteiger partial charge in [0, 0.05) is 31.4 Å². The number of aromatic amines is 1. The molecule has 0 aliphatic rings. The molecule has 0 radical (unpaired) electrons. The summed E-state index contributed by atoms with van der Waals surface area (Å²) >= 11 is 0. The van der Waals surface area contributed by atoms with Crippen LogP contribution in [-0.2, 0) is 6.54 Å². The predicted octanol–water partition coefficient (Wildman–Crippen LogP) is 2.42. The molecule has 3 N–H and O–H groups in total. The van der Waals surface area contributed by atoms with Gasteiger partial charge in [-0.1, -0.05) is 18.2 Å². The van der Waals surface area contributed by atoms with E-state index in [0.717, 1.165) is 16.5 Å². The number of hydrogen-bond donors (Lipinski definition) is 2. The number of H-pyrrole nitrogens is 1. The van der Waals surface area contributed by atoms with Crippen molar-refractivity contribution in [3.63, 3.8) is 0 Å². The van der Waals surface area contributed by atoms with Crippen LogP contribution in [0.1, 0.15) is 16.1 Å². The summed E-state index contributed by atoms with van der Waals surface area (Å²) in [7, 11) is 1.77. The van der Waals surface area contributed by atoms with Gasteiger partial charge in [0.1, 0.15) is 5.69 Å². The topological polar surface area (TPSA) is 75.0 Å². The number of carbonyl (C=O) groups is 1. The molecule has 21 heavy (non-hydrogen) atoms. The molecule has 106 valence electrons. The van der Waals surface area contributed by atoms with Crippen LogP contribution in [0.5, 0.6) is 0 Å². The molecule has 0 spiro atoms. The number of nitrogens with two attached hydrogens (primary N) is 1. The number of hydrogen-bond acceptors (Lipinski definition) is 3. The molecule has 0 saturated carbocycles. The smallest absolute Gasteiger partial charge is 0.270 e. The van der Waals surface area contributed by atoms with E-state index < -0.39 is 0 Å². The van der Waals surface area contributed by atoms with E-state index in [1.807, 2.05) is 36.4 Å². The summed E-state index contributed by atoms with van der Waals surface area (Å²) in [6.07, 6.45) is 3.47. The number of nitrogens with one attached hydrogen (secondary N) is 1. The summed E-state index contributed by atoms with van der Waals surface area (Å²) in [6.45, 7) is 0.511. The van der Waals surface area contributed by atoms with Crippen LogP contribution in [0.15, 0.2) is 48.8 Å². The third-order valence-electron chi connectivity index (χ3n) is 3.41. The average Bonchev–Trinajstić information content (AvgIpc) is 2.93. The van der Waals surface area contributed by atoms with Gasteiger partial charge in [0.15, 0.2) is 0 Å². The van der Waals surface area contributed by atoms with Gasteiger partial charge >= 0.3 is 0 Å². The minimum Gasteiger partial charge on any atom is -0.397 e. The Bertz CT molecular complexity index is 779. The van der Waals surface area contributed by atoms with Crippen molar-refractivity contribution in [3.8, 4) is 0 Å². The van der Waals surface area contributed by atoms with Gasteiger partial charge in [-0.05, 0) is 23.8 Å². The van der Waals surface area contributed by atoms with Crippen LogP contribution < -0.4 is 5.73 Å². The van der Waals surface area contributed by atoms with Crippen molar-refractivity contribution in [3.05, 3.63) is 60.0 Å². The standard InChI is InChI=1S/C16H16N4O/c1-20(10-11-4-3-7-18-9-11)16(21)14-8-12-5-2-6-13(17)15(12)19-14/h2-9,19H,10,17H2,1H3. The van der Waals surface area contributed by atoms with E-state index >= 15 is 0 Å². The molecule has 2 heterocycles. The normalized spacial score (nSPS) is 10.7. The van der Waals surface area contributed by atoms with Gasteiger partial charge in [0.2, 0.25) is 0 Å². The summed E-state index contributed by atoms with van der Waals surface area (Å²) < 4.78 is 0. The van der Waals surface area contributed by atoms with Crippen LogP contribution >= 0.6 is 0 Å². The zero-order chi connectivity index (χ0) is 14.8. The summed E-state index contributed by atoms with van der Waals surface area (Å²) in [5.41, 5.74) is 8.87. The lowest BCUT2D eigenvalue weighted by Crippen LogP contribution is -2.26. The fourth-order valence-corrected chi connectivity index (χ4v) is 2.34. The first-order valence-corrected chi connectivity index (χ1v) is 6.67. The second kappa shape index (κ2) is 5.28. The molecule has 3 rings (SSSR count). The zero-order valence-corrected chi connectivity index (χ0v) is 11.7. The van der Waals surface area contributed by atoms with Crippen LogP contribution in [0, 0.1) is 0 Å². The van der Waals surface area contributed by atoms with Gasteiger partial charge in [-0.25, -0.2) is 0 Å². The van der Waals surface area contributed by atoms with Crippen molar-refractivity contribution in [2.75, 3.05) is 12.8 Å².